The lowest BCUT2D eigenvalue weighted by Gasteiger charge is -2.56. The van der Waals surface area contributed by atoms with Crippen LogP contribution in [0.1, 0.15) is 50.5 Å². The summed E-state index contributed by atoms with van der Waals surface area (Å²) in [4.78, 5) is 27.8. The number of aliphatic hydroxyl groups is 1. The molecule has 4 saturated carbocycles. The van der Waals surface area contributed by atoms with E-state index < -0.39 is 5.60 Å². The van der Waals surface area contributed by atoms with Gasteiger partial charge in [0, 0.05) is 28.9 Å². The van der Waals surface area contributed by atoms with Crippen molar-refractivity contribution < 1.29 is 14.7 Å². The average Bonchev–Trinajstić information content (AvgIpc) is 2.75. The van der Waals surface area contributed by atoms with Gasteiger partial charge in [-0.1, -0.05) is 15.9 Å². The van der Waals surface area contributed by atoms with E-state index in [0.717, 1.165) is 23.7 Å². The molecule has 6 rings (SSSR count). The molecular formula is C21H24BrNO3. The SMILES string of the molecule is CN1C(=O)C(O)(CC(=O)C23CC4CC(CC(C4)C2)C3)c2cc(Br)ccc21. The van der Waals surface area contributed by atoms with E-state index in [9.17, 15) is 14.7 Å². The fourth-order valence-electron chi connectivity index (χ4n) is 6.68. The fourth-order valence-corrected chi connectivity index (χ4v) is 7.04. The molecular weight excluding hydrogens is 394 g/mol. The Labute approximate surface area is 162 Å². The lowest BCUT2D eigenvalue weighted by atomic mass is 9.48. The number of halogens is 1. The van der Waals surface area contributed by atoms with E-state index in [1.807, 2.05) is 12.1 Å². The van der Waals surface area contributed by atoms with Gasteiger partial charge >= 0.3 is 0 Å². The number of fused-ring (bicyclic) bond motifs is 1. The number of anilines is 1. The maximum Gasteiger partial charge on any atom is 0.263 e. The summed E-state index contributed by atoms with van der Waals surface area (Å²) in [5.74, 6) is 1.73. The highest BCUT2D eigenvalue weighted by Gasteiger charge is 2.57. The third kappa shape index (κ3) is 2.22. The fraction of sp³-hybridized carbons (Fsp3) is 0.619. The quantitative estimate of drug-likeness (QED) is 0.813. The summed E-state index contributed by atoms with van der Waals surface area (Å²) in [5.41, 5.74) is -0.775. The molecule has 4 fully saturated rings. The summed E-state index contributed by atoms with van der Waals surface area (Å²) in [5, 5.41) is 11.3. The number of hydrogen-bond donors (Lipinski definition) is 1. The molecule has 1 heterocycles. The highest BCUT2D eigenvalue weighted by Crippen LogP contribution is 2.61. The Morgan fingerprint density at radius 3 is 2.35 bits per heavy atom. The number of hydrogen-bond acceptors (Lipinski definition) is 3. The lowest BCUT2D eigenvalue weighted by Crippen LogP contribution is -2.52. The highest BCUT2D eigenvalue weighted by atomic mass is 79.9. The van der Waals surface area contributed by atoms with E-state index in [2.05, 4.69) is 15.9 Å². The van der Waals surface area contributed by atoms with E-state index in [1.54, 1.807) is 13.1 Å². The number of likely N-dealkylation sites (N-methyl/N-ethyl adjacent to an activating group) is 1. The van der Waals surface area contributed by atoms with Crippen LogP contribution < -0.4 is 4.90 Å². The Kier molecular flexibility index (Phi) is 3.53. The minimum absolute atomic E-state index is 0.0915. The molecule has 0 aromatic heterocycles. The zero-order valence-corrected chi connectivity index (χ0v) is 16.6. The molecule has 26 heavy (non-hydrogen) atoms. The average molecular weight is 418 g/mol. The van der Waals surface area contributed by atoms with Gasteiger partial charge in [-0.15, -0.1) is 0 Å². The molecule has 5 heteroatoms. The molecule has 1 aliphatic heterocycles. The first kappa shape index (κ1) is 16.9. The second-order valence-corrected chi connectivity index (χ2v) is 10.1. The van der Waals surface area contributed by atoms with Crippen LogP contribution in [-0.2, 0) is 15.2 Å². The molecule has 4 nitrogen and oxygen atoms in total. The Hall–Kier alpha value is -1.20. The number of carbonyl (C=O) groups is 2. The maximum atomic E-state index is 13.5. The molecule has 4 bridgehead atoms. The lowest BCUT2D eigenvalue weighted by molar-refractivity contribution is -0.154. The summed E-state index contributed by atoms with van der Waals surface area (Å²) >= 11 is 3.43. The zero-order chi connectivity index (χ0) is 18.3. The van der Waals surface area contributed by atoms with Crippen LogP contribution in [0.2, 0.25) is 0 Å². The van der Waals surface area contributed by atoms with Crippen LogP contribution in [0.5, 0.6) is 0 Å². The van der Waals surface area contributed by atoms with Crippen molar-refractivity contribution in [3.8, 4) is 0 Å². The molecule has 5 aliphatic rings. The number of Topliss-reactive ketones (excluding diaryl/α,β-unsaturated/α-hetero) is 1. The first-order chi connectivity index (χ1) is 12.3. The Bertz CT molecular complexity index is 784. The summed E-state index contributed by atoms with van der Waals surface area (Å²) in [6, 6.07) is 5.46. The van der Waals surface area contributed by atoms with Gasteiger partial charge in [0.2, 0.25) is 0 Å². The number of amides is 1. The first-order valence-corrected chi connectivity index (χ1v) is 10.4. The van der Waals surface area contributed by atoms with E-state index in [4.69, 9.17) is 0 Å². The second-order valence-electron chi connectivity index (χ2n) is 9.18. The predicted molar refractivity (Wildman–Crippen MR) is 102 cm³/mol. The molecule has 1 aromatic rings. The molecule has 1 N–H and O–H groups in total. The Morgan fingerprint density at radius 2 is 1.77 bits per heavy atom. The van der Waals surface area contributed by atoms with Crippen molar-refractivity contribution in [2.75, 3.05) is 11.9 Å². The highest BCUT2D eigenvalue weighted by molar-refractivity contribution is 9.10. The normalized spacial score (nSPS) is 40.2. The number of nitrogens with zero attached hydrogens (tertiary/aromatic N) is 1. The van der Waals surface area contributed by atoms with E-state index >= 15 is 0 Å². The zero-order valence-electron chi connectivity index (χ0n) is 15.0. The van der Waals surface area contributed by atoms with Crippen LogP contribution in [0.15, 0.2) is 22.7 Å². The summed E-state index contributed by atoms with van der Waals surface area (Å²) in [6.07, 6.45) is 6.61. The predicted octanol–water partition coefficient (Wildman–Crippen LogP) is 3.79. The van der Waals surface area contributed by atoms with Crippen molar-refractivity contribution in [3.05, 3.63) is 28.2 Å². The third-order valence-corrected chi connectivity index (χ3v) is 7.96. The minimum atomic E-state index is -1.73. The van der Waals surface area contributed by atoms with Crippen LogP contribution >= 0.6 is 15.9 Å². The minimum Gasteiger partial charge on any atom is -0.375 e. The summed E-state index contributed by atoms with van der Waals surface area (Å²) in [7, 11) is 1.67. The van der Waals surface area contributed by atoms with Gasteiger partial charge in [-0.05, 0) is 74.5 Å². The van der Waals surface area contributed by atoms with Gasteiger partial charge in [-0.2, -0.15) is 0 Å². The Morgan fingerprint density at radius 1 is 1.19 bits per heavy atom. The monoisotopic (exact) mass is 417 g/mol. The van der Waals surface area contributed by atoms with Crippen molar-refractivity contribution in [2.45, 2.75) is 50.5 Å². The molecule has 1 atom stereocenters. The van der Waals surface area contributed by atoms with Crippen LogP contribution in [0.4, 0.5) is 5.69 Å². The standard InChI is InChI=1S/C21H24BrNO3/c1-23-17-3-2-15(22)7-16(17)21(26,19(23)25)11-18(24)20-8-12-4-13(9-20)6-14(5-12)10-20/h2-3,7,12-14,26H,4-6,8-11H2,1H3. The summed E-state index contributed by atoms with van der Waals surface area (Å²) in [6.45, 7) is 0. The smallest absolute Gasteiger partial charge is 0.263 e. The van der Waals surface area contributed by atoms with Crippen molar-refractivity contribution in [3.63, 3.8) is 0 Å². The number of rotatable bonds is 3. The maximum absolute atomic E-state index is 13.5. The van der Waals surface area contributed by atoms with Crippen molar-refractivity contribution in [1.29, 1.82) is 0 Å². The van der Waals surface area contributed by atoms with E-state index in [-0.39, 0.29) is 23.5 Å². The molecule has 1 unspecified atom stereocenters. The number of carbonyl (C=O) groups excluding carboxylic acids is 2. The van der Waals surface area contributed by atoms with Crippen LogP contribution in [0.25, 0.3) is 0 Å². The largest absolute Gasteiger partial charge is 0.375 e. The van der Waals surface area contributed by atoms with Gasteiger partial charge in [0.25, 0.3) is 5.91 Å². The number of ketones is 1. The molecule has 4 aliphatic carbocycles. The molecule has 0 spiro atoms. The van der Waals surface area contributed by atoms with Gasteiger partial charge in [-0.3, -0.25) is 9.59 Å². The van der Waals surface area contributed by atoms with Gasteiger partial charge in [-0.25, -0.2) is 0 Å². The van der Waals surface area contributed by atoms with E-state index in [0.29, 0.717) is 29.0 Å². The first-order valence-electron chi connectivity index (χ1n) is 9.65. The molecule has 138 valence electrons. The van der Waals surface area contributed by atoms with Crippen molar-refractivity contribution in [2.24, 2.45) is 23.2 Å². The van der Waals surface area contributed by atoms with Crippen LogP contribution in [-0.4, -0.2) is 23.8 Å². The molecule has 0 saturated heterocycles. The molecule has 1 amide bonds. The molecule has 0 radical (unpaired) electrons. The van der Waals surface area contributed by atoms with Gasteiger partial charge in [0.05, 0.1) is 5.69 Å². The van der Waals surface area contributed by atoms with Gasteiger partial charge in [0.15, 0.2) is 5.60 Å². The topological polar surface area (TPSA) is 57.6 Å². The van der Waals surface area contributed by atoms with Gasteiger partial charge in [0.1, 0.15) is 5.78 Å². The second kappa shape index (κ2) is 5.41. The van der Waals surface area contributed by atoms with Gasteiger partial charge < -0.3 is 10.0 Å². The van der Waals surface area contributed by atoms with E-state index in [1.165, 1.54) is 24.2 Å². The van der Waals surface area contributed by atoms with Crippen molar-refractivity contribution >= 4 is 33.3 Å². The van der Waals surface area contributed by atoms with Crippen LogP contribution in [0, 0.1) is 23.2 Å². The third-order valence-electron chi connectivity index (χ3n) is 7.47. The molecule has 1 aromatic carbocycles. The Balaban J connectivity index is 1.49. The van der Waals surface area contributed by atoms with Crippen LogP contribution in [0.3, 0.4) is 0 Å². The summed E-state index contributed by atoms with van der Waals surface area (Å²) < 4.78 is 0.806. The number of benzene rings is 1. The van der Waals surface area contributed by atoms with Crippen molar-refractivity contribution in [1.82, 2.24) is 0 Å².